The van der Waals surface area contributed by atoms with E-state index in [2.05, 4.69) is 32.1 Å². The van der Waals surface area contributed by atoms with Gasteiger partial charge in [-0.3, -0.25) is 4.79 Å². The lowest BCUT2D eigenvalue weighted by Crippen LogP contribution is -2.46. The molecule has 0 N–H and O–H groups in total. The Morgan fingerprint density at radius 2 is 2.12 bits per heavy atom. The summed E-state index contributed by atoms with van der Waals surface area (Å²) in [6.07, 6.45) is 10.8. The van der Waals surface area contributed by atoms with Crippen LogP contribution in [0.1, 0.15) is 59.3 Å². The summed E-state index contributed by atoms with van der Waals surface area (Å²) in [6.45, 7) is 6.29. The summed E-state index contributed by atoms with van der Waals surface area (Å²) in [5.41, 5.74) is 1.29. The molecule has 1 fully saturated rings. The van der Waals surface area contributed by atoms with E-state index < -0.39 is 5.79 Å². The van der Waals surface area contributed by atoms with E-state index in [1.165, 1.54) is 12.7 Å². The minimum Gasteiger partial charge on any atom is -0.469 e. The Morgan fingerprint density at radius 3 is 2.71 bits per heavy atom. The number of rotatable bonds is 9. The third-order valence-electron chi connectivity index (χ3n) is 4.39. The van der Waals surface area contributed by atoms with Crippen molar-refractivity contribution in [2.75, 3.05) is 14.2 Å². The molecule has 1 rings (SSSR count). The van der Waals surface area contributed by atoms with Gasteiger partial charge in [0.15, 0.2) is 0 Å². The van der Waals surface area contributed by atoms with E-state index in [0.29, 0.717) is 6.42 Å². The number of esters is 1. The molecule has 24 heavy (non-hydrogen) atoms. The highest BCUT2D eigenvalue weighted by Crippen LogP contribution is 2.36. The number of carbonyl (C=O) groups excluding carboxylic acids is 1. The Morgan fingerprint density at radius 1 is 1.38 bits per heavy atom. The topological polar surface area (TPSA) is 54.0 Å². The molecule has 0 aliphatic carbocycles. The number of ether oxygens (including phenoxy) is 2. The summed E-state index contributed by atoms with van der Waals surface area (Å²) < 4.78 is 10.3. The number of allylic oxidation sites excluding steroid dienone is 4. The van der Waals surface area contributed by atoms with Gasteiger partial charge in [0.2, 0.25) is 5.79 Å². The fourth-order valence-electron chi connectivity index (χ4n) is 2.89. The normalized spacial score (nSPS) is 28.3. The summed E-state index contributed by atoms with van der Waals surface area (Å²) in [5, 5.41) is 0. The van der Waals surface area contributed by atoms with Gasteiger partial charge in [-0.15, -0.1) is 0 Å². The standard InChI is InChI=1S/C19H32O5/c1-6-10-15(2)11-8-7-9-12-19(22-5)14-16(3)17(23-24-19)13-18(20)21-4/h8,10-11,16-17H,6-7,9,12-14H2,1-5H3/b11-8+,15-10+/t16-,17-,19+/m1/s1. The van der Waals surface area contributed by atoms with Crippen molar-refractivity contribution >= 4 is 5.97 Å². The van der Waals surface area contributed by atoms with Crippen molar-refractivity contribution in [1.82, 2.24) is 0 Å². The van der Waals surface area contributed by atoms with Crippen LogP contribution in [0.4, 0.5) is 0 Å². The van der Waals surface area contributed by atoms with Gasteiger partial charge in [-0.25, -0.2) is 9.78 Å². The van der Waals surface area contributed by atoms with Crippen LogP contribution >= 0.6 is 0 Å². The van der Waals surface area contributed by atoms with Crippen LogP contribution in [-0.2, 0) is 24.0 Å². The Hall–Kier alpha value is -1.17. The summed E-state index contributed by atoms with van der Waals surface area (Å²) >= 11 is 0. The molecule has 0 saturated carbocycles. The van der Waals surface area contributed by atoms with Gasteiger partial charge in [0.25, 0.3) is 0 Å². The molecule has 5 nitrogen and oxygen atoms in total. The van der Waals surface area contributed by atoms with Crippen molar-refractivity contribution in [3.05, 3.63) is 23.8 Å². The van der Waals surface area contributed by atoms with Gasteiger partial charge in [0.1, 0.15) is 6.10 Å². The molecule has 0 aromatic carbocycles. The number of unbranched alkanes of at least 4 members (excludes halogenated alkanes) is 1. The molecule has 0 bridgehead atoms. The Balaban J connectivity index is 2.45. The van der Waals surface area contributed by atoms with Crippen LogP contribution in [0.2, 0.25) is 0 Å². The molecule has 1 heterocycles. The molecular formula is C19H32O5. The second-order valence-electron chi connectivity index (χ2n) is 6.45. The average Bonchev–Trinajstić information content (AvgIpc) is 2.57. The van der Waals surface area contributed by atoms with E-state index in [1.807, 2.05) is 6.92 Å². The van der Waals surface area contributed by atoms with E-state index in [-0.39, 0.29) is 24.4 Å². The first-order valence-electron chi connectivity index (χ1n) is 8.76. The predicted octanol–water partition coefficient (Wildman–Crippen LogP) is 4.33. The maximum absolute atomic E-state index is 11.4. The van der Waals surface area contributed by atoms with Gasteiger partial charge in [-0.05, 0) is 32.1 Å². The Kier molecular flexibility index (Phi) is 9.26. The highest BCUT2D eigenvalue weighted by atomic mass is 17.2. The Labute approximate surface area is 145 Å². The molecular weight excluding hydrogens is 308 g/mol. The van der Waals surface area contributed by atoms with E-state index in [4.69, 9.17) is 19.2 Å². The number of methoxy groups -OCH3 is 2. The van der Waals surface area contributed by atoms with E-state index in [0.717, 1.165) is 25.7 Å². The smallest absolute Gasteiger partial charge is 0.308 e. The molecule has 3 atom stereocenters. The highest BCUT2D eigenvalue weighted by molar-refractivity contribution is 5.69. The third kappa shape index (κ3) is 6.75. The predicted molar refractivity (Wildman–Crippen MR) is 93.2 cm³/mol. The molecule has 1 aliphatic rings. The monoisotopic (exact) mass is 340 g/mol. The van der Waals surface area contributed by atoms with Crippen LogP contribution in [0, 0.1) is 5.92 Å². The zero-order valence-corrected chi connectivity index (χ0v) is 15.7. The first kappa shape index (κ1) is 20.9. The fourth-order valence-corrected chi connectivity index (χ4v) is 2.89. The van der Waals surface area contributed by atoms with Gasteiger partial charge in [0.05, 0.1) is 13.5 Å². The molecule has 5 heteroatoms. The van der Waals surface area contributed by atoms with Crippen molar-refractivity contribution < 1.29 is 24.0 Å². The van der Waals surface area contributed by atoms with Crippen LogP contribution < -0.4 is 0 Å². The molecule has 1 saturated heterocycles. The molecule has 0 aromatic heterocycles. The molecule has 0 spiro atoms. The number of hydrogen-bond acceptors (Lipinski definition) is 5. The van der Waals surface area contributed by atoms with Crippen molar-refractivity contribution in [2.45, 2.75) is 71.2 Å². The Bertz CT molecular complexity index is 443. The zero-order chi connectivity index (χ0) is 18.0. The van der Waals surface area contributed by atoms with Crippen LogP contribution in [0.25, 0.3) is 0 Å². The lowest BCUT2D eigenvalue weighted by molar-refractivity contribution is -0.475. The highest BCUT2D eigenvalue weighted by Gasteiger charge is 2.42. The fraction of sp³-hybridized carbons (Fsp3) is 0.737. The lowest BCUT2D eigenvalue weighted by Gasteiger charge is -2.40. The first-order valence-corrected chi connectivity index (χ1v) is 8.76. The third-order valence-corrected chi connectivity index (χ3v) is 4.39. The van der Waals surface area contributed by atoms with Gasteiger partial charge in [-0.2, -0.15) is 0 Å². The second-order valence-corrected chi connectivity index (χ2v) is 6.45. The maximum atomic E-state index is 11.4. The molecule has 138 valence electrons. The van der Waals surface area contributed by atoms with E-state index in [9.17, 15) is 4.79 Å². The SMILES string of the molecule is CC/C=C(C)/C=C/CCC[C@@]1(OC)C[C@@H](C)[C@@H](CC(=O)OC)OO1. The summed E-state index contributed by atoms with van der Waals surface area (Å²) in [5.74, 6) is -0.863. The van der Waals surface area contributed by atoms with Crippen molar-refractivity contribution in [2.24, 2.45) is 5.92 Å². The van der Waals surface area contributed by atoms with Gasteiger partial charge < -0.3 is 9.47 Å². The zero-order valence-electron chi connectivity index (χ0n) is 15.7. The number of hydrogen-bond donors (Lipinski definition) is 0. The first-order chi connectivity index (χ1) is 11.5. The largest absolute Gasteiger partial charge is 0.469 e. The summed E-state index contributed by atoms with van der Waals surface area (Å²) in [7, 11) is 3.02. The van der Waals surface area contributed by atoms with Crippen LogP contribution in [0.15, 0.2) is 23.8 Å². The maximum Gasteiger partial charge on any atom is 0.308 e. The van der Waals surface area contributed by atoms with Gasteiger partial charge >= 0.3 is 5.97 Å². The van der Waals surface area contributed by atoms with Crippen LogP contribution in [0.3, 0.4) is 0 Å². The molecule has 0 unspecified atom stereocenters. The average molecular weight is 340 g/mol. The quantitative estimate of drug-likeness (QED) is 0.271. The second kappa shape index (κ2) is 10.6. The van der Waals surface area contributed by atoms with Crippen molar-refractivity contribution in [3.8, 4) is 0 Å². The van der Waals surface area contributed by atoms with E-state index >= 15 is 0 Å². The van der Waals surface area contributed by atoms with Crippen LogP contribution in [-0.4, -0.2) is 32.1 Å². The van der Waals surface area contributed by atoms with E-state index in [1.54, 1.807) is 7.11 Å². The molecule has 0 radical (unpaired) electrons. The summed E-state index contributed by atoms with van der Waals surface area (Å²) in [6, 6.07) is 0. The minimum atomic E-state index is -0.728. The lowest BCUT2D eigenvalue weighted by atomic mass is 9.90. The number of carbonyl (C=O) groups is 1. The van der Waals surface area contributed by atoms with Gasteiger partial charge in [0, 0.05) is 20.0 Å². The van der Waals surface area contributed by atoms with Crippen molar-refractivity contribution in [1.29, 1.82) is 0 Å². The molecule has 0 amide bonds. The molecule has 0 aromatic rings. The molecule has 1 aliphatic heterocycles. The van der Waals surface area contributed by atoms with Gasteiger partial charge in [-0.1, -0.05) is 37.6 Å². The summed E-state index contributed by atoms with van der Waals surface area (Å²) in [4.78, 5) is 22.4. The van der Waals surface area contributed by atoms with Crippen molar-refractivity contribution in [3.63, 3.8) is 0 Å². The minimum absolute atomic E-state index is 0.156. The van der Waals surface area contributed by atoms with Crippen LogP contribution in [0.5, 0.6) is 0 Å².